The third kappa shape index (κ3) is 1.87. The van der Waals surface area contributed by atoms with Crippen LogP contribution in [0.1, 0.15) is 0 Å². The second-order valence-corrected chi connectivity index (χ2v) is 5.76. The standard InChI is InChI=1S/C13H7ClN4Se/c14-8-2-4-9-11(6-8)16-13(15-9)7-1-3-10-12(5-7)18-19-17-10/h1-6H,(H,15,16). The number of halogens is 1. The number of fused-ring (bicyclic) bond motifs is 2. The van der Waals surface area contributed by atoms with Gasteiger partial charge < -0.3 is 0 Å². The van der Waals surface area contributed by atoms with Crippen molar-refractivity contribution < 1.29 is 0 Å². The summed E-state index contributed by atoms with van der Waals surface area (Å²) in [4.78, 5) is 7.85. The molecule has 0 radical (unpaired) electrons. The molecule has 0 unspecified atom stereocenters. The molecule has 4 rings (SSSR count). The van der Waals surface area contributed by atoms with E-state index in [0.717, 1.165) is 33.5 Å². The van der Waals surface area contributed by atoms with Crippen LogP contribution in [-0.4, -0.2) is 32.9 Å². The van der Waals surface area contributed by atoms with E-state index in [1.807, 2.05) is 36.4 Å². The molecule has 0 atom stereocenters. The monoisotopic (exact) mass is 334 g/mol. The molecule has 0 amide bonds. The van der Waals surface area contributed by atoms with Gasteiger partial charge in [0.1, 0.15) is 0 Å². The van der Waals surface area contributed by atoms with Crippen LogP contribution in [0, 0.1) is 0 Å². The Morgan fingerprint density at radius 2 is 1.79 bits per heavy atom. The Morgan fingerprint density at radius 1 is 0.947 bits per heavy atom. The number of nitrogens with one attached hydrogen (secondary N) is 1. The predicted molar refractivity (Wildman–Crippen MR) is 76.6 cm³/mol. The summed E-state index contributed by atoms with van der Waals surface area (Å²) in [5.41, 5.74) is 4.79. The Morgan fingerprint density at radius 3 is 2.74 bits per heavy atom. The average Bonchev–Trinajstić information content (AvgIpc) is 3.02. The van der Waals surface area contributed by atoms with Gasteiger partial charge in [-0.25, -0.2) is 0 Å². The number of aromatic nitrogens is 4. The molecule has 6 heteroatoms. The molecule has 92 valence electrons. The number of aromatic amines is 1. The van der Waals surface area contributed by atoms with Crippen LogP contribution in [0.2, 0.25) is 5.02 Å². The summed E-state index contributed by atoms with van der Waals surface area (Å²) in [5.74, 6) is 0.828. The summed E-state index contributed by atoms with van der Waals surface area (Å²) < 4.78 is 8.72. The van der Waals surface area contributed by atoms with E-state index in [1.165, 1.54) is 0 Å². The quantitative estimate of drug-likeness (QED) is 0.545. The van der Waals surface area contributed by atoms with E-state index in [-0.39, 0.29) is 15.0 Å². The van der Waals surface area contributed by atoms with Crippen molar-refractivity contribution in [3.63, 3.8) is 0 Å². The van der Waals surface area contributed by atoms with Crippen molar-refractivity contribution in [2.45, 2.75) is 0 Å². The van der Waals surface area contributed by atoms with Gasteiger partial charge in [0.15, 0.2) is 0 Å². The Kier molecular flexibility index (Phi) is 2.45. The van der Waals surface area contributed by atoms with E-state index in [4.69, 9.17) is 11.6 Å². The SMILES string of the molecule is Clc1ccc2nc(-c3ccc4n[se]nc4c3)[nH]c2c1. The zero-order valence-corrected chi connectivity index (χ0v) is 12.1. The number of H-pyrrole nitrogens is 1. The Hall–Kier alpha value is -1.68. The van der Waals surface area contributed by atoms with Crippen molar-refractivity contribution in [1.82, 2.24) is 17.9 Å². The third-order valence-electron chi connectivity index (χ3n) is 2.97. The second kappa shape index (κ2) is 4.17. The summed E-state index contributed by atoms with van der Waals surface area (Å²) in [5, 5.41) is 0.702. The molecule has 2 heterocycles. The molecule has 0 aliphatic carbocycles. The predicted octanol–water partition coefficient (Wildman–Crippen LogP) is 2.88. The fourth-order valence-corrected chi connectivity index (χ4v) is 3.31. The molecule has 1 N–H and O–H groups in total. The van der Waals surface area contributed by atoms with Gasteiger partial charge in [0.25, 0.3) is 0 Å². The van der Waals surface area contributed by atoms with Crippen LogP contribution in [0.15, 0.2) is 36.4 Å². The first-order valence-corrected chi connectivity index (χ1v) is 7.58. The van der Waals surface area contributed by atoms with Gasteiger partial charge in [-0.05, 0) is 0 Å². The molecular formula is C13H7ClN4Se. The van der Waals surface area contributed by atoms with Crippen molar-refractivity contribution in [1.29, 1.82) is 0 Å². The van der Waals surface area contributed by atoms with Crippen LogP contribution in [0.3, 0.4) is 0 Å². The van der Waals surface area contributed by atoms with E-state index >= 15 is 0 Å². The molecule has 0 aliphatic heterocycles. The summed E-state index contributed by atoms with van der Waals surface area (Å²) in [6, 6.07) is 11.7. The maximum absolute atomic E-state index is 5.98. The van der Waals surface area contributed by atoms with Gasteiger partial charge in [0.2, 0.25) is 0 Å². The second-order valence-electron chi connectivity index (χ2n) is 4.21. The number of imidazole rings is 1. The van der Waals surface area contributed by atoms with Crippen LogP contribution < -0.4 is 0 Å². The normalized spacial score (nSPS) is 11.4. The zero-order valence-electron chi connectivity index (χ0n) is 9.59. The number of rotatable bonds is 1. The minimum atomic E-state index is 0.00234. The van der Waals surface area contributed by atoms with Crippen LogP contribution in [0.4, 0.5) is 0 Å². The topological polar surface area (TPSA) is 54.5 Å². The van der Waals surface area contributed by atoms with Crippen molar-refractivity contribution in [2.24, 2.45) is 0 Å². The molecule has 19 heavy (non-hydrogen) atoms. The Labute approximate surface area is 119 Å². The molecule has 4 nitrogen and oxygen atoms in total. The van der Waals surface area contributed by atoms with Crippen LogP contribution in [0.25, 0.3) is 33.5 Å². The van der Waals surface area contributed by atoms with Crippen molar-refractivity contribution in [2.75, 3.05) is 0 Å². The van der Waals surface area contributed by atoms with Gasteiger partial charge in [-0.3, -0.25) is 0 Å². The van der Waals surface area contributed by atoms with E-state index < -0.39 is 0 Å². The van der Waals surface area contributed by atoms with Crippen molar-refractivity contribution >= 4 is 48.6 Å². The molecule has 0 saturated heterocycles. The number of hydrogen-bond donors (Lipinski definition) is 1. The van der Waals surface area contributed by atoms with Gasteiger partial charge >= 0.3 is 119 Å². The summed E-state index contributed by atoms with van der Waals surface area (Å²) in [6.07, 6.45) is 0. The Bertz CT molecular complexity index is 896. The van der Waals surface area contributed by atoms with Crippen molar-refractivity contribution in [3.05, 3.63) is 41.4 Å². The maximum atomic E-state index is 5.98. The first kappa shape index (κ1) is 11.2. The molecule has 0 bridgehead atoms. The summed E-state index contributed by atoms with van der Waals surface area (Å²) in [7, 11) is 0. The molecule has 0 aliphatic rings. The van der Waals surface area contributed by atoms with Crippen LogP contribution in [-0.2, 0) is 0 Å². The van der Waals surface area contributed by atoms with Gasteiger partial charge in [-0.2, -0.15) is 0 Å². The molecule has 0 saturated carbocycles. The van der Waals surface area contributed by atoms with Crippen LogP contribution in [0.5, 0.6) is 0 Å². The van der Waals surface area contributed by atoms with Crippen LogP contribution >= 0.6 is 11.6 Å². The molecule has 2 aromatic heterocycles. The first-order chi connectivity index (χ1) is 9.29. The summed E-state index contributed by atoms with van der Waals surface area (Å²) >= 11 is 5.98. The fraction of sp³-hybridized carbons (Fsp3) is 0. The minimum absolute atomic E-state index is 0.00234. The molecule has 2 aromatic carbocycles. The van der Waals surface area contributed by atoms with Crippen molar-refractivity contribution in [3.8, 4) is 11.4 Å². The van der Waals surface area contributed by atoms with Gasteiger partial charge in [-0.1, -0.05) is 0 Å². The number of nitrogens with zero attached hydrogens (tertiary/aromatic N) is 3. The Balaban J connectivity index is 1.92. The first-order valence-electron chi connectivity index (χ1n) is 5.67. The van der Waals surface area contributed by atoms with Gasteiger partial charge in [-0.15, -0.1) is 0 Å². The van der Waals surface area contributed by atoms with Gasteiger partial charge in [0, 0.05) is 0 Å². The molecule has 0 spiro atoms. The van der Waals surface area contributed by atoms with E-state index in [9.17, 15) is 0 Å². The average molecular weight is 334 g/mol. The van der Waals surface area contributed by atoms with E-state index in [0.29, 0.717) is 5.02 Å². The van der Waals surface area contributed by atoms with Gasteiger partial charge in [0.05, 0.1) is 0 Å². The third-order valence-corrected chi connectivity index (χ3v) is 4.37. The number of benzene rings is 2. The molecule has 4 aromatic rings. The van der Waals surface area contributed by atoms with E-state index in [1.54, 1.807) is 0 Å². The molecular weight excluding hydrogens is 327 g/mol. The van der Waals surface area contributed by atoms with E-state index in [2.05, 4.69) is 17.9 Å². The summed E-state index contributed by atoms with van der Waals surface area (Å²) in [6.45, 7) is 0. The zero-order chi connectivity index (χ0) is 12.8. The fourth-order valence-electron chi connectivity index (χ4n) is 2.05. The molecule has 0 fully saturated rings. The number of hydrogen-bond acceptors (Lipinski definition) is 3.